The lowest BCUT2D eigenvalue weighted by atomic mass is 10.3. The second-order valence-electron chi connectivity index (χ2n) is 17.9. The summed E-state index contributed by atoms with van der Waals surface area (Å²) in [5, 5.41) is 20.7. The molecule has 9 aromatic rings. The van der Waals surface area contributed by atoms with Gasteiger partial charge in [0.15, 0.2) is 50.1 Å². The molecule has 1 aliphatic heterocycles. The van der Waals surface area contributed by atoms with Gasteiger partial charge in [0, 0.05) is 12.2 Å². The third-order valence-electron chi connectivity index (χ3n) is 10.9. The second kappa shape index (κ2) is 36.8. The number of sulfonamides is 2. The Morgan fingerprint density at radius 1 is 0.488 bits per heavy atom. The number of hydrogen-bond acceptors (Lipinski definition) is 10. The summed E-state index contributed by atoms with van der Waals surface area (Å²) in [4.78, 5) is 12.2. The van der Waals surface area contributed by atoms with Gasteiger partial charge in [-0.25, -0.2) is 16.8 Å². The van der Waals surface area contributed by atoms with Gasteiger partial charge >= 0.3 is 10.3 Å². The summed E-state index contributed by atoms with van der Waals surface area (Å²) in [7, 11) is -10.7. The number of benzene rings is 9. The molecule has 0 spiro atoms. The lowest BCUT2D eigenvalue weighted by Gasteiger charge is -2.14. The molecule has 0 saturated carbocycles. The summed E-state index contributed by atoms with van der Waals surface area (Å²) >= 11 is 0. The fraction of sp³-hybridized carbons (Fsp3) is 0.134. The molecule has 1 aliphatic rings. The fourth-order valence-corrected chi connectivity index (χ4v) is 15.2. The van der Waals surface area contributed by atoms with Crippen LogP contribution in [0.3, 0.4) is 0 Å². The monoisotopic (exact) mass is 1270 g/mol. The minimum atomic E-state index is -3.97. The highest BCUT2D eigenvalue weighted by atomic mass is 32.2. The fourth-order valence-electron chi connectivity index (χ4n) is 7.43. The van der Waals surface area contributed by atoms with Gasteiger partial charge in [-0.1, -0.05) is 190 Å². The van der Waals surface area contributed by atoms with E-state index < -0.39 is 42.3 Å². The van der Waals surface area contributed by atoms with Gasteiger partial charge in [0.25, 0.3) is 10.0 Å². The third-order valence-corrected chi connectivity index (χ3v) is 19.6. The van der Waals surface area contributed by atoms with Crippen LogP contribution in [0.1, 0.15) is 33.6 Å². The molecular weight excluding hydrogens is 1200 g/mol. The Balaban J connectivity index is 0.000000194. The Morgan fingerprint density at radius 3 is 0.907 bits per heavy atom. The summed E-state index contributed by atoms with van der Waals surface area (Å²) in [6, 6.07) is 96.5. The molecule has 0 atom stereocenters. The lowest BCUT2D eigenvalue weighted by Crippen LogP contribution is -2.22. The number of hydrogen-bond donors (Lipinski definition) is 0. The lowest BCUT2D eigenvalue weighted by molar-refractivity contribution is -0.249. The van der Waals surface area contributed by atoms with E-state index >= 15 is 0 Å². The average molecular weight is 1270 g/mol. The van der Waals surface area contributed by atoms with Crippen LogP contribution >= 0.6 is 0 Å². The maximum absolute atomic E-state index is 10.4. The second-order valence-corrected chi connectivity index (χ2v) is 28.6. The van der Waals surface area contributed by atoms with Crippen LogP contribution in [0.2, 0.25) is 0 Å². The van der Waals surface area contributed by atoms with Crippen molar-refractivity contribution in [3.05, 3.63) is 290 Å². The zero-order valence-corrected chi connectivity index (χ0v) is 53.2. The SMILES string of the molecule is CC1=CC([O-])=NS(=O)(=O)O1.CCCC[N-]S(C)(=O)=O.CCOC([O-])=NS(C)(=O)=O.c1ccc([S+](c2ccccc2)c2ccccc2)cc1.c1ccc([S+](c2ccccc2)c2ccccc2)cc1.c1ccc([S+](c2ccccc2)c2ccccc2)cc1. The maximum atomic E-state index is 10.4. The topological polar surface area (TPSA) is 206 Å². The summed E-state index contributed by atoms with van der Waals surface area (Å²) < 4.78 is 79.3. The van der Waals surface area contributed by atoms with Gasteiger partial charge in [-0.3, -0.25) is 0 Å². The van der Waals surface area contributed by atoms with Crippen LogP contribution < -0.4 is 10.2 Å². The molecule has 0 N–H and O–H groups in total. The van der Waals surface area contributed by atoms with E-state index in [9.17, 15) is 35.5 Å². The van der Waals surface area contributed by atoms with Crippen LogP contribution in [0.5, 0.6) is 0 Å². The average Bonchev–Trinajstić information content (AvgIpc) is 3.07. The van der Waals surface area contributed by atoms with Crippen molar-refractivity contribution in [2.75, 3.05) is 25.7 Å². The quantitative estimate of drug-likeness (QED) is 0.0411. The Labute approximate surface area is 517 Å². The molecule has 9 aromatic carbocycles. The van der Waals surface area contributed by atoms with E-state index in [2.05, 4.69) is 295 Å². The molecule has 448 valence electrons. The molecule has 0 saturated heterocycles. The number of allylic oxidation sites excluding steroid dienone is 1. The van der Waals surface area contributed by atoms with E-state index in [0.717, 1.165) is 31.4 Å². The molecule has 1 heterocycles. The highest BCUT2D eigenvalue weighted by molar-refractivity contribution is 7.97. The highest BCUT2D eigenvalue weighted by Gasteiger charge is 2.30. The van der Waals surface area contributed by atoms with E-state index in [1.807, 2.05) is 6.92 Å². The zero-order chi connectivity index (χ0) is 62.1. The molecule has 10 rings (SSSR count). The molecule has 13 nitrogen and oxygen atoms in total. The van der Waals surface area contributed by atoms with Gasteiger partial charge in [0.1, 0.15) is 5.76 Å². The number of nitrogens with zero attached hydrogens (tertiary/aromatic N) is 3. The van der Waals surface area contributed by atoms with Crippen LogP contribution in [0.25, 0.3) is 4.72 Å². The smallest absolute Gasteiger partial charge is 0.427 e. The van der Waals surface area contributed by atoms with Gasteiger partial charge in [0.2, 0.25) is 0 Å². The van der Waals surface area contributed by atoms with Crippen LogP contribution in [-0.2, 0) is 72.0 Å². The summed E-state index contributed by atoms with van der Waals surface area (Å²) in [5.74, 6) is -0.760. The number of ether oxygens (including phenoxy) is 1. The van der Waals surface area contributed by atoms with Gasteiger partial charge in [-0.15, -0.1) is 15.3 Å². The first-order chi connectivity index (χ1) is 41.4. The molecule has 0 bridgehead atoms. The van der Waals surface area contributed by atoms with E-state index in [1.54, 1.807) is 6.92 Å². The van der Waals surface area contributed by atoms with E-state index in [0.29, 0.717) is 6.54 Å². The maximum Gasteiger partial charge on any atom is 0.427 e. The molecule has 86 heavy (non-hydrogen) atoms. The Hall–Kier alpha value is -7.88. The molecule has 0 aliphatic carbocycles. The number of rotatable bonds is 15. The van der Waals surface area contributed by atoms with Gasteiger partial charge in [0.05, 0.1) is 49.0 Å². The highest BCUT2D eigenvalue weighted by Crippen LogP contribution is 2.33. The zero-order valence-electron chi connectivity index (χ0n) is 48.3. The van der Waals surface area contributed by atoms with Crippen molar-refractivity contribution in [1.29, 1.82) is 0 Å². The van der Waals surface area contributed by atoms with Crippen molar-refractivity contribution in [3.8, 4) is 0 Å². The Morgan fingerprint density at radius 2 is 0.733 bits per heavy atom. The van der Waals surface area contributed by atoms with E-state index in [1.165, 1.54) is 51.0 Å². The molecule has 0 unspecified atom stereocenters. The minimum absolute atomic E-state index is 0.0146. The van der Waals surface area contributed by atoms with Crippen molar-refractivity contribution in [3.63, 3.8) is 0 Å². The summed E-state index contributed by atoms with van der Waals surface area (Å²) in [5.41, 5.74) is 0. The molecule has 19 heteroatoms. The van der Waals surface area contributed by atoms with E-state index in [-0.39, 0.29) is 45.1 Å². The van der Waals surface area contributed by atoms with Crippen molar-refractivity contribution in [2.45, 2.75) is 77.7 Å². The molecule has 0 fully saturated rings. The normalized spacial score (nSPS) is 12.4. The van der Waals surface area contributed by atoms with Crippen molar-refractivity contribution < 1.29 is 44.4 Å². The van der Waals surface area contributed by atoms with Gasteiger partial charge in [-0.05, 0) is 129 Å². The first-order valence-corrected chi connectivity index (χ1v) is 35.7. The third kappa shape index (κ3) is 26.2. The Bertz CT molecular complexity index is 3230. The van der Waals surface area contributed by atoms with Gasteiger partial charge in [-0.2, -0.15) is 8.42 Å². The van der Waals surface area contributed by atoms with Crippen LogP contribution in [0, 0.1) is 0 Å². The van der Waals surface area contributed by atoms with E-state index in [4.69, 9.17) is 0 Å². The predicted molar refractivity (Wildman–Crippen MR) is 348 cm³/mol. The van der Waals surface area contributed by atoms with Crippen LogP contribution in [-0.4, -0.2) is 62.9 Å². The number of unbranched alkanes of at least 4 members (excludes halogenated alkanes) is 1. The molecular formula is C67H69N3O10S6. The summed E-state index contributed by atoms with van der Waals surface area (Å²) in [6.45, 7) is 5.49. The first kappa shape index (κ1) is 68.9. The molecule has 0 radical (unpaired) electrons. The molecule has 0 amide bonds. The van der Waals surface area contributed by atoms with Crippen LogP contribution in [0.15, 0.2) is 338 Å². The van der Waals surface area contributed by atoms with Crippen molar-refractivity contribution in [1.82, 2.24) is 0 Å². The van der Waals surface area contributed by atoms with Crippen LogP contribution in [0.4, 0.5) is 0 Å². The largest absolute Gasteiger partial charge is 0.858 e. The van der Waals surface area contributed by atoms with Crippen molar-refractivity contribution in [2.24, 2.45) is 8.80 Å². The van der Waals surface area contributed by atoms with Gasteiger partial charge < -0.3 is 23.9 Å². The minimum Gasteiger partial charge on any atom is -0.858 e. The standard InChI is InChI=1S/3C18H15S.C5H12NO2S.C4H5NO4S.C4H9NO4S/c3*1-4-10-16(11-5-1)19(17-12-6-2-7-13-17)18-14-8-3-9-15-18;1-3-4-5-6-9(2,7)8;1-3-2-4(6)5-10(7,8)9-3;1-3-9-4(6)5-10(2,7)8/h3*1-15H;3-5H2,1-2H3;2H,1H3,(H,5,6);3H2,1-2H3,(H,5,6)/q3*+1;-1;;/p-2. The Kier molecular flexibility index (Phi) is 29.5. The first-order valence-electron chi connectivity index (χ1n) is 26.9. The predicted octanol–water partition coefficient (Wildman–Crippen LogP) is 13.1. The summed E-state index contributed by atoms with van der Waals surface area (Å²) in [6.07, 6.45) is 3.71. The molecule has 0 aromatic heterocycles. The van der Waals surface area contributed by atoms with Crippen molar-refractivity contribution >= 4 is 75.0 Å².